The number of hydrogen-bond donors (Lipinski definition) is 2. The van der Waals surface area contributed by atoms with Crippen molar-refractivity contribution >= 4 is 10.9 Å². The quantitative estimate of drug-likeness (QED) is 0.855. The van der Waals surface area contributed by atoms with E-state index in [4.69, 9.17) is 10.5 Å². The van der Waals surface area contributed by atoms with E-state index in [1.165, 1.54) is 27.7 Å². The molecule has 17 heavy (non-hydrogen) atoms. The number of ether oxygens (including phenoxy) is 1. The van der Waals surface area contributed by atoms with Crippen LogP contribution in [0.3, 0.4) is 0 Å². The van der Waals surface area contributed by atoms with E-state index in [0.717, 1.165) is 5.75 Å². The van der Waals surface area contributed by atoms with Crippen molar-refractivity contribution in [1.82, 2.24) is 4.98 Å². The Morgan fingerprint density at radius 1 is 1.35 bits per heavy atom. The standard InChI is InChI=1S/C14H20N2O/c1-8-5-11(17-4)6-12-13(9(2)7-15)10(3)16-14(8)12/h5-6,9,16H,7,15H2,1-4H3. The fourth-order valence-electron chi connectivity index (χ4n) is 2.46. The van der Waals surface area contributed by atoms with Crippen LogP contribution in [-0.4, -0.2) is 18.6 Å². The van der Waals surface area contributed by atoms with Gasteiger partial charge < -0.3 is 15.5 Å². The molecule has 2 aromatic rings. The second-order valence-electron chi connectivity index (χ2n) is 4.67. The third-order valence-electron chi connectivity index (χ3n) is 3.40. The third kappa shape index (κ3) is 1.91. The van der Waals surface area contributed by atoms with Crippen LogP contribution < -0.4 is 10.5 Å². The minimum atomic E-state index is 0.357. The molecule has 0 aliphatic heterocycles. The summed E-state index contributed by atoms with van der Waals surface area (Å²) in [6, 6.07) is 4.14. The van der Waals surface area contributed by atoms with Crippen molar-refractivity contribution in [2.75, 3.05) is 13.7 Å². The monoisotopic (exact) mass is 232 g/mol. The first-order chi connectivity index (χ1) is 8.08. The highest BCUT2D eigenvalue weighted by Crippen LogP contribution is 2.33. The Kier molecular flexibility index (Phi) is 3.11. The lowest BCUT2D eigenvalue weighted by molar-refractivity contribution is 0.415. The van der Waals surface area contributed by atoms with E-state index >= 15 is 0 Å². The number of benzene rings is 1. The maximum absolute atomic E-state index is 5.79. The number of aromatic nitrogens is 1. The van der Waals surface area contributed by atoms with Gasteiger partial charge in [-0.15, -0.1) is 0 Å². The molecule has 0 amide bonds. The van der Waals surface area contributed by atoms with Crippen LogP contribution in [0.1, 0.15) is 29.7 Å². The van der Waals surface area contributed by atoms with Crippen molar-refractivity contribution in [2.45, 2.75) is 26.7 Å². The summed E-state index contributed by atoms with van der Waals surface area (Å²) in [7, 11) is 1.70. The van der Waals surface area contributed by atoms with E-state index in [-0.39, 0.29) is 0 Å². The third-order valence-corrected chi connectivity index (χ3v) is 3.40. The first kappa shape index (κ1) is 12.0. The van der Waals surface area contributed by atoms with E-state index < -0.39 is 0 Å². The molecule has 1 unspecified atom stereocenters. The van der Waals surface area contributed by atoms with Gasteiger partial charge in [-0.2, -0.15) is 0 Å². The zero-order valence-electron chi connectivity index (χ0n) is 10.9. The highest BCUT2D eigenvalue weighted by molar-refractivity contribution is 5.89. The smallest absolute Gasteiger partial charge is 0.119 e. The van der Waals surface area contributed by atoms with Crippen LogP contribution in [-0.2, 0) is 0 Å². The summed E-state index contributed by atoms with van der Waals surface area (Å²) < 4.78 is 5.34. The molecule has 0 saturated heterocycles. The number of aryl methyl sites for hydroxylation is 2. The number of fused-ring (bicyclic) bond motifs is 1. The number of H-pyrrole nitrogens is 1. The van der Waals surface area contributed by atoms with Crippen LogP contribution in [0.25, 0.3) is 10.9 Å². The normalized spacial score (nSPS) is 13.0. The lowest BCUT2D eigenvalue weighted by atomic mass is 9.97. The van der Waals surface area contributed by atoms with Crippen LogP contribution in [0, 0.1) is 13.8 Å². The Hall–Kier alpha value is -1.48. The first-order valence-corrected chi connectivity index (χ1v) is 5.95. The minimum absolute atomic E-state index is 0.357. The Balaban J connectivity index is 2.74. The summed E-state index contributed by atoms with van der Waals surface area (Å²) in [5.41, 5.74) is 10.7. The largest absolute Gasteiger partial charge is 0.497 e. The van der Waals surface area contributed by atoms with Crippen LogP contribution in [0.4, 0.5) is 0 Å². The Morgan fingerprint density at radius 3 is 2.65 bits per heavy atom. The van der Waals surface area contributed by atoms with Gasteiger partial charge in [-0.3, -0.25) is 0 Å². The van der Waals surface area contributed by atoms with Gasteiger partial charge in [0.15, 0.2) is 0 Å². The summed E-state index contributed by atoms with van der Waals surface area (Å²) in [4.78, 5) is 3.45. The number of hydrogen-bond acceptors (Lipinski definition) is 2. The zero-order chi connectivity index (χ0) is 12.6. The number of nitrogens with two attached hydrogens (primary N) is 1. The lowest BCUT2D eigenvalue weighted by Gasteiger charge is -2.10. The molecule has 0 saturated carbocycles. The van der Waals surface area contributed by atoms with Crippen molar-refractivity contribution in [3.05, 3.63) is 29.0 Å². The van der Waals surface area contributed by atoms with Gasteiger partial charge in [0, 0.05) is 16.6 Å². The van der Waals surface area contributed by atoms with Gasteiger partial charge in [-0.25, -0.2) is 0 Å². The molecule has 0 spiro atoms. The zero-order valence-corrected chi connectivity index (χ0v) is 10.9. The van der Waals surface area contributed by atoms with Gasteiger partial charge >= 0.3 is 0 Å². The average Bonchev–Trinajstić information content (AvgIpc) is 2.65. The number of aromatic amines is 1. The van der Waals surface area contributed by atoms with E-state index in [2.05, 4.69) is 37.9 Å². The molecule has 0 aliphatic rings. The maximum atomic E-state index is 5.79. The first-order valence-electron chi connectivity index (χ1n) is 5.95. The number of rotatable bonds is 3. The van der Waals surface area contributed by atoms with E-state index in [1.807, 2.05) is 0 Å². The second kappa shape index (κ2) is 4.41. The van der Waals surface area contributed by atoms with Crippen LogP contribution in [0.15, 0.2) is 12.1 Å². The van der Waals surface area contributed by atoms with Gasteiger partial charge in [0.1, 0.15) is 5.75 Å². The molecule has 1 atom stereocenters. The summed E-state index contributed by atoms with van der Waals surface area (Å²) >= 11 is 0. The molecule has 0 fully saturated rings. The van der Waals surface area contributed by atoms with Crippen molar-refractivity contribution in [2.24, 2.45) is 5.73 Å². The van der Waals surface area contributed by atoms with Crippen LogP contribution >= 0.6 is 0 Å². The summed E-state index contributed by atoms with van der Waals surface area (Å²) in [5, 5.41) is 1.23. The van der Waals surface area contributed by atoms with Gasteiger partial charge in [0.25, 0.3) is 0 Å². The Morgan fingerprint density at radius 2 is 2.06 bits per heavy atom. The molecular formula is C14H20N2O. The molecule has 2 rings (SSSR count). The summed E-state index contributed by atoms with van der Waals surface area (Å²) in [5.74, 6) is 1.26. The second-order valence-corrected chi connectivity index (χ2v) is 4.67. The fraction of sp³-hybridized carbons (Fsp3) is 0.429. The number of methoxy groups -OCH3 is 1. The molecule has 0 radical (unpaired) electrons. The average molecular weight is 232 g/mol. The van der Waals surface area contributed by atoms with Crippen LogP contribution in [0.2, 0.25) is 0 Å². The molecular weight excluding hydrogens is 212 g/mol. The lowest BCUT2D eigenvalue weighted by Crippen LogP contribution is -2.09. The molecule has 1 heterocycles. The summed E-state index contributed by atoms with van der Waals surface area (Å²) in [6.45, 7) is 7.01. The fourth-order valence-corrected chi connectivity index (χ4v) is 2.46. The molecule has 92 valence electrons. The van der Waals surface area contributed by atoms with E-state index in [1.54, 1.807) is 7.11 Å². The maximum Gasteiger partial charge on any atom is 0.119 e. The number of nitrogens with one attached hydrogen (secondary N) is 1. The predicted molar refractivity (Wildman–Crippen MR) is 71.8 cm³/mol. The molecule has 0 aliphatic carbocycles. The van der Waals surface area contributed by atoms with Crippen LogP contribution in [0.5, 0.6) is 5.75 Å². The molecule has 3 nitrogen and oxygen atoms in total. The topological polar surface area (TPSA) is 51.0 Å². The molecule has 0 bridgehead atoms. The van der Waals surface area contributed by atoms with Gasteiger partial charge in [0.05, 0.1) is 7.11 Å². The molecule has 3 heteroatoms. The Labute approximate surface area is 102 Å². The van der Waals surface area contributed by atoms with Crippen molar-refractivity contribution < 1.29 is 4.74 Å². The molecule has 1 aromatic heterocycles. The van der Waals surface area contributed by atoms with Gasteiger partial charge in [-0.1, -0.05) is 6.92 Å². The highest BCUT2D eigenvalue weighted by atomic mass is 16.5. The SMILES string of the molecule is COc1cc(C)c2[nH]c(C)c(C(C)CN)c2c1. The Bertz CT molecular complexity index is 543. The highest BCUT2D eigenvalue weighted by Gasteiger charge is 2.15. The molecule has 1 aromatic carbocycles. The van der Waals surface area contributed by atoms with Gasteiger partial charge in [0.2, 0.25) is 0 Å². The van der Waals surface area contributed by atoms with Crippen molar-refractivity contribution in [3.8, 4) is 5.75 Å². The van der Waals surface area contributed by atoms with Crippen molar-refractivity contribution in [1.29, 1.82) is 0 Å². The van der Waals surface area contributed by atoms with E-state index in [9.17, 15) is 0 Å². The molecule has 3 N–H and O–H groups in total. The summed E-state index contributed by atoms with van der Waals surface area (Å²) in [6.07, 6.45) is 0. The van der Waals surface area contributed by atoms with Crippen molar-refractivity contribution in [3.63, 3.8) is 0 Å². The van der Waals surface area contributed by atoms with Gasteiger partial charge in [-0.05, 0) is 49.6 Å². The minimum Gasteiger partial charge on any atom is -0.497 e. The van der Waals surface area contributed by atoms with E-state index in [0.29, 0.717) is 12.5 Å². The predicted octanol–water partition coefficient (Wildman–Crippen LogP) is 2.86.